The molecule has 0 saturated carbocycles. The molecule has 2 aliphatic rings. The number of sulfone groups is 1. The van der Waals surface area contributed by atoms with Gasteiger partial charge in [0.1, 0.15) is 5.75 Å². The summed E-state index contributed by atoms with van der Waals surface area (Å²) < 4.78 is 30.1. The van der Waals surface area contributed by atoms with Crippen molar-refractivity contribution in [1.29, 1.82) is 0 Å². The first-order valence-corrected chi connectivity index (χ1v) is 12.2. The average Bonchev–Trinajstić information content (AvgIpc) is 3.13. The van der Waals surface area contributed by atoms with Gasteiger partial charge in [-0.3, -0.25) is 4.99 Å². The quantitative estimate of drug-likeness (QED) is 0.699. The predicted molar refractivity (Wildman–Crippen MR) is 116 cm³/mol. The van der Waals surface area contributed by atoms with Gasteiger partial charge < -0.3 is 9.64 Å². The van der Waals surface area contributed by atoms with E-state index in [0.29, 0.717) is 6.61 Å². The summed E-state index contributed by atoms with van der Waals surface area (Å²) in [5.74, 6) is 1.91. The van der Waals surface area contributed by atoms with E-state index < -0.39 is 9.84 Å². The van der Waals surface area contributed by atoms with Crippen LogP contribution in [0.1, 0.15) is 11.1 Å². The van der Waals surface area contributed by atoms with Gasteiger partial charge in [0.15, 0.2) is 15.0 Å². The summed E-state index contributed by atoms with van der Waals surface area (Å²) >= 11 is 1.63. The number of aliphatic imine (C=N–C) groups is 1. The zero-order chi connectivity index (χ0) is 19.7. The zero-order valence-electron chi connectivity index (χ0n) is 16.0. The van der Waals surface area contributed by atoms with Gasteiger partial charge in [-0.1, -0.05) is 42.1 Å². The third-order valence-electron chi connectivity index (χ3n) is 5.06. The van der Waals surface area contributed by atoms with Gasteiger partial charge in [0.2, 0.25) is 0 Å². The number of anilines is 1. The van der Waals surface area contributed by atoms with Gasteiger partial charge in [0.05, 0.1) is 30.2 Å². The van der Waals surface area contributed by atoms with E-state index >= 15 is 0 Å². The van der Waals surface area contributed by atoms with E-state index in [4.69, 9.17) is 9.73 Å². The molecule has 2 heterocycles. The van der Waals surface area contributed by atoms with Crippen LogP contribution in [0.25, 0.3) is 0 Å². The number of benzene rings is 2. The second kappa shape index (κ2) is 7.79. The maximum Gasteiger partial charge on any atom is 0.164 e. The van der Waals surface area contributed by atoms with Crippen molar-refractivity contribution >= 4 is 32.5 Å². The molecule has 2 atom stereocenters. The summed E-state index contributed by atoms with van der Waals surface area (Å²) in [4.78, 5) is 6.93. The Hall–Kier alpha value is -1.99. The van der Waals surface area contributed by atoms with Crippen molar-refractivity contribution in [3.63, 3.8) is 0 Å². The maximum absolute atomic E-state index is 12.2. The molecule has 0 radical (unpaired) electrons. The third kappa shape index (κ3) is 4.05. The maximum atomic E-state index is 12.2. The van der Waals surface area contributed by atoms with Crippen LogP contribution in [0.15, 0.2) is 53.5 Å². The second-order valence-electron chi connectivity index (χ2n) is 7.29. The van der Waals surface area contributed by atoms with E-state index in [-0.39, 0.29) is 23.6 Å². The fourth-order valence-corrected chi connectivity index (χ4v) is 6.48. The Balaban J connectivity index is 1.51. The molecule has 28 heavy (non-hydrogen) atoms. The monoisotopic (exact) mass is 416 g/mol. The van der Waals surface area contributed by atoms with E-state index in [0.717, 1.165) is 33.5 Å². The van der Waals surface area contributed by atoms with Crippen LogP contribution in [0, 0.1) is 13.8 Å². The number of amidine groups is 1. The molecule has 0 spiro atoms. The molecule has 0 unspecified atom stereocenters. The van der Waals surface area contributed by atoms with Crippen molar-refractivity contribution in [2.45, 2.75) is 25.9 Å². The van der Waals surface area contributed by atoms with Gasteiger partial charge in [-0.15, -0.1) is 0 Å². The average molecular weight is 417 g/mol. The van der Waals surface area contributed by atoms with Gasteiger partial charge >= 0.3 is 0 Å². The van der Waals surface area contributed by atoms with Gasteiger partial charge in [-0.2, -0.15) is 0 Å². The van der Waals surface area contributed by atoms with E-state index in [1.54, 1.807) is 11.8 Å². The Bertz CT molecular complexity index is 990. The smallest absolute Gasteiger partial charge is 0.164 e. The van der Waals surface area contributed by atoms with E-state index in [9.17, 15) is 8.42 Å². The van der Waals surface area contributed by atoms with Crippen molar-refractivity contribution in [1.82, 2.24) is 0 Å². The molecule has 4 rings (SSSR count). The minimum absolute atomic E-state index is 0.108. The molecular weight excluding hydrogens is 392 g/mol. The van der Waals surface area contributed by atoms with Gasteiger partial charge in [-0.05, 0) is 43.2 Å². The topological polar surface area (TPSA) is 59.0 Å². The second-order valence-corrected chi connectivity index (χ2v) is 10.5. The van der Waals surface area contributed by atoms with E-state index in [2.05, 4.69) is 36.9 Å². The third-order valence-corrected chi connectivity index (χ3v) is 7.69. The largest absolute Gasteiger partial charge is 0.493 e. The summed E-state index contributed by atoms with van der Waals surface area (Å²) in [5.41, 5.74) is 3.34. The van der Waals surface area contributed by atoms with E-state index in [1.807, 2.05) is 30.3 Å². The first kappa shape index (κ1) is 19.3. The molecule has 0 aliphatic carbocycles. The van der Waals surface area contributed by atoms with E-state index in [1.165, 1.54) is 0 Å². The molecule has 2 aromatic carbocycles. The van der Waals surface area contributed by atoms with Gasteiger partial charge in [0.25, 0.3) is 0 Å². The summed E-state index contributed by atoms with van der Waals surface area (Å²) in [7, 11) is -3.04. The molecule has 5 nitrogen and oxygen atoms in total. The summed E-state index contributed by atoms with van der Waals surface area (Å²) in [5, 5.41) is 0.898. The number of nitrogens with zero attached hydrogens (tertiary/aromatic N) is 2. The molecule has 0 amide bonds. The molecule has 0 bridgehead atoms. The van der Waals surface area contributed by atoms with Crippen LogP contribution in [0.3, 0.4) is 0 Å². The number of thioether (sulfide) groups is 1. The standard InChI is InChI=1S/C21H24N2O3S2/c1-15-8-9-16(2)19(12-15)23-20-14-28(24,25)13-18(20)22-21(23)27-11-10-26-17-6-4-3-5-7-17/h3-9,12,18,20H,10-11,13-14H2,1-2H3/t18-,20+/m0/s1. The molecule has 0 aromatic heterocycles. The number of fused-ring (bicyclic) bond motifs is 1. The first-order chi connectivity index (χ1) is 13.4. The Labute approximate surface area is 170 Å². The predicted octanol–water partition coefficient (Wildman–Crippen LogP) is 3.46. The minimum atomic E-state index is -3.04. The zero-order valence-corrected chi connectivity index (χ0v) is 17.7. The lowest BCUT2D eigenvalue weighted by atomic mass is 10.1. The van der Waals surface area contributed by atoms with Crippen LogP contribution in [0.4, 0.5) is 5.69 Å². The number of rotatable bonds is 5. The van der Waals surface area contributed by atoms with Crippen molar-refractivity contribution in [2.24, 2.45) is 4.99 Å². The van der Waals surface area contributed by atoms with Crippen LogP contribution in [-0.4, -0.2) is 49.5 Å². The minimum Gasteiger partial charge on any atom is -0.493 e. The normalized spacial score (nSPS) is 22.8. The number of hydrogen-bond donors (Lipinski definition) is 0. The van der Waals surface area contributed by atoms with Gasteiger partial charge in [-0.25, -0.2) is 8.42 Å². The molecule has 148 valence electrons. The molecule has 0 N–H and O–H groups in total. The highest BCUT2D eigenvalue weighted by atomic mass is 32.2. The number of hydrogen-bond acceptors (Lipinski definition) is 6. The number of para-hydroxylation sites is 1. The van der Waals surface area contributed by atoms with Crippen LogP contribution in [-0.2, 0) is 9.84 Å². The molecular formula is C21H24N2O3S2. The summed E-state index contributed by atoms with van der Waals surface area (Å²) in [6.45, 7) is 4.69. The molecule has 1 fully saturated rings. The van der Waals surface area contributed by atoms with Crippen LogP contribution in [0.2, 0.25) is 0 Å². The highest BCUT2D eigenvalue weighted by Gasteiger charge is 2.47. The SMILES string of the molecule is Cc1ccc(C)c(N2C(SCCOc3ccccc3)=N[C@H]3CS(=O)(=O)C[C@H]32)c1. The Morgan fingerprint density at radius 1 is 1.14 bits per heavy atom. The van der Waals surface area contributed by atoms with Crippen molar-refractivity contribution in [3.8, 4) is 5.75 Å². The fraction of sp³-hybridized carbons (Fsp3) is 0.381. The lowest BCUT2D eigenvalue weighted by molar-refractivity contribution is 0.344. The van der Waals surface area contributed by atoms with Crippen LogP contribution >= 0.6 is 11.8 Å². The van der Waals surface area contributed by atoms with Crippen LogP contribution in [0.5, 0.6) is 5.75 Å². The number of ether oxygens (including phenoxy) is 1. The highest BCUT2D eigenvalue weighted by Crippen LogP contribution is 2.36. The van der Waals surface area contributed by atoms with Crippen molar-refractivity contribution in [2.75, 3.05) is 28.8 Å². The van der Waals surface area contributed by atoms with Gasteiger partial charge in [0, 0.05) is 11.4 Å². The fourth-order valence-electron chi connectivity index (χ4n) is 3.70. The Morgan fingerprint density at radius 3 is 2.71 bits per heavy atom. The first-order valence-electron chi connectivity index (χ1n) is 9.38. The number of aryl methyl sites for hydroxylation is 2. The Morgan fingerprint density at radius 2 is 1.93 bits per heavy atom. The lowest BCUT2D eigenvalue weighted by Crippen LogP contribution is -2.39. The summed E-state index contributed by atoms with van der Waals surface area (Å²) in [6.07, 6.45) is 0. The molecule has 2 aromatic rings. The molecule has 1 saturated heterocycles. The van der Waals surface area contributed by atoms with Crippen LogP contribution < -0.4 is 9.64 Å². The molecule has 2 aliphatic heterocycles. The highest BCUT2D eigenvalue weighted by molar-refractivity contribution is 8.14. The van der Waals surface area contributed by atoms with Crippen molar-refractivity contribution in [3.05, 3.63) is 59.7 Å². The Kier molecular flexibility index (Phi) is 5.38. The lowest BCUT2D eigenvalue weighted by Gasteiger charge is -2.28. The summed E-state index contributed by atoms with van der Waals surface area (Å²) in [6, 6.07) is 15.7. The molecule has 7 heteroatoms. The van der Waals surface area contributed by atoms with Crippen molar-refractivity contribution < 1.29 is 13.2 Å².